The Hall–Kier alpha value is -2.44. The van der Waals surface area contributed by atoms with Crippen LogP contribution in [-0.4, -0.2) is 54.3 Å². The van der Waals surface area contributed by atoms with Gasteiger partial charge in [0, 0.05) is 19.1 Å². The molecular weight excluding hydrogens is 324 g/mol. The molecule has 0 saturated carbocycles. The van der Waals surface area contributed by atoms with E-state index in [1.54, 1.807) is 17.0 Å². The third-order valence-corrected chi connectivity index (χ3v) is 3.99. The molecule has 2 atom stereocenters. The first-order chi connectivity index (χ1) is 11.8. The maximum absolute atomic E-state index is 12.4. The molecule has 7 heteroatoms. The number of amides is 2. The lowest BCUT2D eigenvalue weighted by Gasteiger charge is -2.27. The second kappa shape index (κ2) is 6.82. The van der Waals surface area contributed by atoms with Crippen molar-refractivity contribution in [3.05, 3.63) is 24.3 Å². The van der Waals surface area contributed by atoms with Crippen LogP contribution in [0.5, 0.6) is 11.5 Å². The van der Waals surface area contributed by atoms with Crippen molar-refractivity contribution in [3.8, 4) is 11.5 Å². The molecule has 136 valence electrons. The lowest BCUT2D eigenvalue weighted by Crippen LogP contribution is -2.48. The van der Waals surface area contributed by atoms with Crippen LogP contribution in [0.3, 0.4) is 0 Å². The maximum atomic E-state index is 12.4. The van der Waals surface area contributed by atoms with E-state index in [9.17, 15) is 9.59 Å². The fourth-order valence-electron chi connectivity index (χ4n) is 2.81. The molecule has 1 aromatic carbocycles. The van der Waals surface area contributed by atoms with E-state index in [1.807, 2.05) is 32.9 Å². The summed E-state index contributed by atoms with van der Waals surface area (Å²) >= 11 is 0. The number of nitrogens with zero attached hydrogens (tertiary/aromatic N) is 1. The molecule has 0 aromatic heterocycles. The largest absolute Gasteiger partial charge is 0.485 e. The monoisotopic (exact) mass is 348 g/mol. The molecule has 2 amide bonds. The van der Waals surface area contributed by atoms with Crippen LogP contribution in [0.25, 0.3) is 0 Å². The van der Waals surface area contributed by atoms with Crippen LogP contribution in [0.4, 0.5) is 4.79 Å². The zero-order valence-electron chi connectivity index (χ0n) is 14.8. The molecule has 0 radical (unpaired) electrons. The maximum Gasteiger partial charge on any atom is 0.410 e. The number of fused-ring (bicyclic) bond motifs is 1. The minimum Gasteiger partial charge on any atom is -0.485 e. The topological polar surface area (TPSA) is 77.1 Å². The second-order valence-electron chi connectivity index (χ2n) is 7.28. The summed E-state index contributed by atoms with van der Waals surface area (Å²) in [7, 11) is 0. The van der Waals surface area contributed by atoms with Crippen molar-refractivity contribution in [2.24, 2.45) is 0 Å². The first-order valence-electron chi connectivity index (χ1n) is 8.48. The SMILES string of the molecule is CC(C)(C)OC(=O)N1CC[C@@H](NC(=O)C2COc3ccccc3O2)C1. The summed E-state index contributed by atoms with van der Waals surface area (Å²) in [5, 5.41) is 2.93. The molecule has 25 heavy (non-hydrogen) atoms. The molecule has 0 bridgehead atoms. The van der Waals surface area contributed by atoms with E-state index in [1.165, 1.54) is 0 Å². The number of rotatable bonds is 2. The lowest BCUT2D eigenvalue weighted by molar-refractivity contribution is -0.131. The number of likely N-dealkylation sites (tertiary alicyclic amines) is 1. The van der Waals surface area contributed by atoms with E-state index in [-0.39, 0.29) is 24.6 Å². The molecule has 2 heterocycles. The summed E-state index contributed by atoms with van der Waals surface area (Å²) in [4.78, 5) is 26.1. The van der Waals surface area contributed by atoms with Gasteiger partial charge in [-0.2, -0.15) is 0 Å². The Morgan fingerprint density at radius 1 is 1.24 bits per heavy atom. The van der Waals surface area contributed by atoms with Crippen LogP contribution < -0.4 is 14.8 Å². The molecule has 0 aliphatic carbocycles. The Morgan fingerprint density at radius 3 is 2.68 bits per heavy atom. The fraction of sp³-hybridized carbons (Fsp3) is 0.556. The molecular formula is C18H24N2O5. The van der Waals surface area contributed by atoms with Gasteiger partial charge in [-0.3, -0.25) is 4.79 Å². The second-order valence-corrected chi connectivity index (χ2v) is 7.28. The summed E-state index contributed by atoms with van der Waals surface area (Å²) in [6.45, 7) is 6.66. The number of carbonyl (C=O) groups is 2. The van der Waals surface area contributed by atoms with Gasteiger partial charge in [0.05, 0.1) is 0 Å². The highest BCUT2D eigenvalue weighted by Crippen LogP contribution is 2.31. The molecule has 3 rings (SSSR count). The van der Waals surface area contributed by atoms with Gasteiger partial charge in [0.2, 0.25) is 6.10 Å². The summed E-state index contributed by atoms with van der Waals surface area (Å²) in [6.07, 6.45) is -0.351. The summed E-state index contributed by atoms with van der Waals surface area (Å²) < 4.78 is 16.6. The van der Waals surface area contributed by atoms with E-state index in [4.69, 9.17) is 14.2 Å². The molecule has 1 unspecified atom stereocenters. The molecule has 1 N–H and O–H groups in total. The lowest BCUT2D eigenvalue weighted by atomic mass is 10.2. The number of benzene rings is 1. The molecule has 7 nitrogen and oxygen atoms in total. The summed E-state index contributed by atoms with van der Waals surface area (Å²) in [6, 6.07) is 7.15. The Morgan fingerprint density at radius 2 is 1.96 bits per heavy atom. The van der Waals surface area contributed by atoms with Crippen molar-refractivity contribution >= 4 is 12.0 Å². The smallest absolute Gasteiger partial charge is 0.410 e. The van der Waals surface area contributed by atoms with Gasteiger partial charge >= 0.3 is 6.09 Å². The number of carbonyl (C=O) groups excluding carboxylic acids is 2. The molecule has 1 saturated heterocycles. The van der Waals surface area contributed by atoms with Gasteiger partial charge in [0.1, 0.15) is 12.2 Å². The van der Waals surface area contributed by atoms with Crippen molar-refractivity contribution in [3.63, 3.8) is 0 Å². The van der Waals surface area contributed by atoms with Gasteiger partial charge in [-0.05, 0) is 39.3 Å². The summed E-state index contributed by atoms with van der Waals surface area (Å²) in [5.41, 5.74) is -0.529. The standard InChI is InChI=1S/C18H24N2O5/c1-18(2,3)25-17(22)20-9-8-12(10-20)19-16(21)15-11-23-13-6-4-5-7-14(13)24-15/h4-7,12,15H,8-11H2,1-3H3,(H,19,21)/t12-,15?/m1/s1. The number of nitrogens with one attached hydrogen (secondary N) is 1. The highest BCUT2D eigenvalue weighted by Gasteiger charge is 2.33. The Balaban J connectivity index is 1.50. The molecule has 1 fully saturated rings. The quantitative estimate of drug-likeness (QED) is 0.884. The Bertz CT molecular complexity index is 655. The number of para-hydroxylation sites is 2. The van der Waals surface area contributed by atoms with E-state index in [0.29, 0.717) is 31.0 Å². The molecule has 1 aromatic rings. The van der Waals surface area contributed by atoms with Crippen LogP contribution in [0.15, 0.2) is 24.3 Å². The Labute approximate surface area is 147 Å². The average Bonchev–Trinajstić information content (AvgIpc) is 3.01. The Kier molecular flexibility index (Phi) is 4.74. The molecule has 0 spiro atoms. The number of hydrogen-bond donors (Lipinski definition) is 1. The van der Waals surface area contributed by atoms with Crippen molar-refractivity contribution in [1.82, 2.24) is 10.2 Å². The molecule has 2 aliphatic heterocycles. The van der Waals surface area contributed by atoms with E-state index >= 15 is 0 Å². The third kappa shape index (κ3) is 4.35. The van der Waals surface area contributed by atoms with Crippen LogP contribution in [-0.2, 0) is 9.53 Å². The van der Waals surface area contributed by atoms with Gasteiger partial charge in [0.25, 0.3) is 5.91 Å². The van der Waals surface area contributed by atoms with E-state index in [2.05, 4.69) is 5.32 Å². The van der Waals surface area contributed by atoms with Gasteiger partial charge in [-0.15, -0.1) is 0 Å². The number of ether oxygens (including phenoxy) is 3. The zero-order chi connectivity index (χ0) is 18.0. The highest BCUT2D eigenvalue weighted by molar-refractivity contribution is 5.82. The van der Waals surface area contributed by atoms with Crippen LogP contribution in [0, 0.1) is 0 Å². The van der Waals surface area contributed by atoms with Crippen LogP contribution in [0.1, 0.15) is 27.2 Å². The van der Waals surface area contributed by atoms with Gasteiger partial charge in [-0.25, -0.2) is 4.79 Å². The van der Waals surface area contributed by atoms with E-state index in [0.717, 1.165) is 0 Å². The zero-order valence-corrected chi connectivity index (χ0v) is 14.8. The van der Waals surface area contributed by atoms with Crippen LogP contribution >= 0.6 is 0 Å². The van der Waals surface area contributed by atoms with Crippen molar-refractivity contribution < 1.29 is 23.8 Å². The average molecular weight is 348 g/mol. The first-order valence-corrected chi connectivity index (χ1v) is 8.48. The van der Waals surface area contributed by atoms with Crippen molar-refractivity contribution in [2.75, 3.05) is 19.7 Å². The normalized spacial score (nSPS) is 22.4. The van der Waals surface area contributed by atoms with Crippen molar-refractivity contribution in [1.29, 1.82) is 0 Å². The highest BCUT2D eigenvalue weighted by atomic mass is 16.6. The minimum absolute atomic E-state index is 0.110. The van der Waals surface area contributed by atoms with Gasteiger partial charge < -0.3 is 24.4 Å². The van der Waals surface area contributed by atoms with Crippen molar-refractivity contribution in [2.45, 2.75) is 44.9 Å². The van der Waals surface area contributed by atoms with E-state index < -0.39 is 11.7 Å². The number of hydrogen-bond acceptors (Lipinski definition) is 5. The minimum atomic E-state index is -0.689. The molecule has 2 aliphatic rings. The van der Waals surface area contributed by atoms with Gasteiger partial charge in [0.15, 0.2) is 11.5 Å². The third-order valence-electron chi connectivity index (χ3n) is 3.99. The fourth-order valence-corrected chi connectivity index (χ4v) is 2.81. The first kappa shape index (κ1) is 17.4. The summed E-state index contributed by atoms with van der Waals surface area (Å²) in [5.74, 6) is 0.977. The predicted molar refractivity (Wildman–Crippen MR) is 90.7 cm³/mol. The van der Waals surface area contributed by atoms with Crippen LogP contribution in [0.2, 0.25) is 0 Å². The van der Waals surface area contributed by atoms with Gasteiger partial charge in [-0.1, -0.05) is 12.1 Å². The predicted octanol–water partition coefficient (Wildman–Crippen LogP) is 1.95.